The van der Waals surface area contributed by atoms with Gasteiger partial charge in [0.15, 0.2) is 0 Å². The van der Waals surface area contributed by atoms with Gasteiger partial charge in [0.25, 0.3) is 0 Å². The van der Waals surface area contributed by atoms with Crippen LogP contribution in [0.25, 0.3) is 0 Å². The number of nitrogens with zero attached hydrogens (tertiary/aromatic N) is 1. The molecule has 0 aromatic rings. The number of hydrogen-bond acceptors (Lipinski definition) is 4. The van der Waals surface area contributed by atoms with Gasteiger partial charge in [-0.1, -0.05) is 5.16 Å². The zero-order chi connectivity index (χ0) is 11.4. The van der Waals surface area contributed by atoms with Crippen molar-refractivity contribution >= 4 is 5.84 Å². The smallest absolute Gasteiger partial charge is 0.139 e. The Morgan fingerprint density at radius 2 is 2.25 bits per heavy atom. The molecule has 2 rings (SSSR count). The van der Waals surface area contributed by atoms with Gasteiger partial charge in [-0.15, -0.1) is 0 Å². The molecule has 0 aromatic heterocycles. The van der Waals surface area contributed by atoms with E-state index in [1.165, 1.54) is 12.8 Å². The largest absolute Gasteiger partial charge is 0.409 e. The Hall–Kier alpha value is -0.810. The molecule has 0 spiro atoms. The molecule has 2 unspecified atom stereocenters. The Morgan fingerprint density at radius 1 is 1.44 bits per heavy atom. The van der Waals surface area contributed by atoms with E-state index in [9.17, 15) is 0 Å². The molecule has 0 amide bonds. The molecule has 0 bridgehead atoms. The predicted octanol–water partition coefficient (Wildman–Crippen LogP) is 0.670. The molecule has 1 aliphatic heterocycles. The molecular weight excluding hydrogens is 206 g/mol. The van der Waals surface area contributed by atoms with Gasteiger partial charge in [-0.25, -0.2) is 0 Å². The summed E-state index contributed by atoms with van der Waals surface area (Å²) in [5.41, 5.74) is 5.40. The van der Waals surface area contributed by atoms with Crippen LogP contribution >= 0.6 is 0 Å². The number of oxime groups is 1. The maximum Gasteiger partial charge on any atom is 0.139 e. The molecule has 2 atom stereocenters. The first kappa shape index (κ1) is 11.7. The summed E-state index contributed by atoms with van der Waals surface area (Å²) in [5.74, 6) is 1.10. The number of nitrogens with two attached hydrogens (primary N) is 1. The lowest BCUT2D eigenvalue weighted by Crippen LogP contribution is -2.38. The molecule has 2 aliphatic rings. The lowest BCUT2D eigenvalue weighted by molar-refractivity contribution is 0.0812. The first-order chi connectivity index (χ1) is 7.81. The minimum absolute atomic E-state index is 0.309. The minimum Gasteiger partial charge on any atom is -0.409 e. The second-order valence-electron chi connectivity index (χ2n) is 4.72. The summed E-state index contributed by atoms with van der Waals surface area (Å²) in [6, 6.07) is 0.514. The first-order valence-corrected chi connectivity index (χ1v) is 6.12. The molecule has 0 radical (unpaired) electrons. The van der Waals surface area contributed by atoms with Gasteiger partial charge in [-0.05, 0) is 38.1 Å². The zero-order valence-electron chi connectivity index (χ0n) is 9.56. The summed E-state index contributed by atoms with van der Waals surface area (Å²) >= 11 is 0. The molecule has 1 heterocycles. The third kappa shape index (κ3) is 3.09. The van der Waals surface area contributed by atoms with Crippen molar-refractivity contribution in [3.8, 4) is 0 Å². The number of amidine groups is 1. The summed E-state index contributed by atoms with van der Waals surface area (Å²) in [7, 11) is 0. The van der Waals surface area contributed by atoms with Crippen LogP contribution in [-0.4, -0.2) is 36.3 Å². The maximum absolute atomic E-state index is 8.39. The van der Waals surface area contributed by atoms with Crippen molar-refractivity contribution in [3.05, 3.63) is 0 Å². The van der Waals surface area contributed by atoms with E-state index in [4.69, 9.17) is 15.7 Å². The van der Waals surface area contributed by atoms with Gasteiger partial charge < -0.3 is 21.0 Å². The van der Waals surface area contributed by atoms with Gasteiger partial charge in [0, 0.05) is 19.1 Å². The summed E-state index contributed by atoms with van der Waals surface area (Å²) in [6.07, 6.45) is 5.75. The average molecular weight is 227 g/mol. The van der Waals surface area contributed by atoms with E-state index in [1.807, 2.05) is 0 Å². The first-order valence-electron chi connectivity index (χ1n) is 6.12. The highest BCUT2D eigenvalue weighted by Crippen LogP contribution is 2.38. The topological polar surface area (TPSA) is 79.9 Å². The lowest BCUT2D eigenvalue weighted by Gasteiger charge is -2.19. The third-order valence-corrected chi connectivity index (χ3v) is 3.37. The van der Waals surface area contributed by atoms with Gasteiger partial charge in [0.05, 0.1) is 6.10 Å². The van der Waals surface area contributed by atoms with Crippen LogP contribution in [-0.2, 0) is 4.74 Å². The van der Waals surface area contributed by atoms with Crippen LogP contribution in [0.2, 0.25) is 0 Å². The van der Waals surface area contributed by atoms with Gasteiger partial charge in [-0.3, -0.25) is 0 Å². The van der Waals surface area contributed by atoms with Crippen LogP contribution in [0.15, 0.2) is 5.16 Å². The summed E-state index contributed by atoms with van der Waals surface area (Å²) in [6.45, 7) is 1.80. The van der Waals surface area contributed by atoms with Gasteiger partial charge in [0.2, 0.25) is 0 Å². The van der Waals surface area contributed by atoms with E-state index < -0.39 is 0 Å². The fourth-order valence-corrected chi connectivity index (χ4v) is 2.33. The van der Waals surface area contributed by atoms with Crippen molar-refractivity contribution in [2.75, 3.05) is 13.2 Å². The molecule has 2 fully saturated rings. The lowest BCUT2D eigenvalue weighted by atomic mass is 10.1. The number of nitrogens with one attached hydrogen (secondary N) is 1. The fraction of sp³-hybridized carbons (Fsp3) is 0.909. The van der Waals surface area contributed by atoms with Gasteiger partial charge in [-0.2, -0.15) is 0 Å². The molecular formula is C11H21N3O2. The van der Waals surface area contributed by atoms with E-state index in [-0.39, 0.29) is 0 Å². The number of rotatable bonds is 6. The Morgan fingerprint density at radius 3 is 2.94 bits per heavy atom. The normalized spacial score (nSPS) is 30.9. The molecule has 5 heteroatoms. The number of hydrogen-bond donors (Lipinski definition) is 3. The molecule has 5 nitrogen and oxygen atoms in total. The van der Waals surface area contributed by atoms with Crippen LogP contribution in [0.4, 0.5) is 0 Å². The predicted molar refractivity (Wildman–Crippen MR) is 61.5 cm³/mol. The van der Waals surface area contributed by atoms with Crippen LogP contribution in [0.5, 0.6) is 0 Å². The molecule has 1 aliphatic carbocycles. The summed E-state index contributed by atoms with van der Waals surface area (Å²) < 4.78 is 5.74. The van der Waals surface area contributed by atoms with Crippen molar-refractivity contribution in [1.29, 1.82) is 0 Å². The van der Waals surface area contributed by atoms with E-state index >= 15 is 0 Å². The van der Waals surface area contributed by atoms with Crippen LogP contribution in [0.3, 0.4) is 0 Å². The van der Waals surface area contributed by atoms with E-state index in [2.05, 4.69) is 10.5 Å². The average Bonchev–Trinajstić information content (AvgIpc) is 3.04. The Balaban J connectivity index is 1.61. The van der Waals surface area contributed by atoms with Gasteiger partial charge in [0.1, 0.15) is 5.84 Å². The molecule has 16 heavy (non-hydrogen) atoms. The fourth-order valence-electron chi connectivity index (χ4n) is 2.33. The van der Waals surface area contributed by atoms with Crippen molar-refractivity contribution < 1.29 is 9.94 Å². The zero-order valence-corrected chi connectivity index (χ0v) is 9.56. The maximum atomic E-state index is 8.39. The Kier molecular flexibility index (Phi) is 4.01. The second-order valence-corrected chi connectivity index (χ2v) is 4.72. The highest BCUT2D eigenvalue weighted by molar-refractivity contribution is 5.79. The van der Waals surface area contributed by atoms with Crippen LogP contribution in [0.1, 0.15) is 32.1 Å². The van der Waals surface area contributed by atoms with Crippen molar-refractivity contribution in [2.24, 2.45) is 16.8 Å². The monoisotopic (exact) mass is 227 g/mol. The van der Waals surface area contributed by atoms with E-state index in [1.54, 1.807) is 0 Å². The molecule has 0 aromatic carbocycles. The Bertz CT molecular complexity index is 254. The van der Waals surface area contributed by atoms with Crippen molar-refractivity contribution in [2.45, 2.75) is 44.2 Å². The highest BCUT2D eigenvalue weighted by atomic mass is 16.5. The standard InChI is InChI=1S/C11H21N3O2/c12-10(14-15)2-1-6-13-9-5-7-16-11(9)8-3-4-8/h8-9,11,13,15H,1-7H2,(H2,12,14). The molecule has 92 valence electrons. The van der Waals surface area contributed by atoms with E-state index in [0.29, 0.717) is 24.4 Å². The van der Waals surface area contributed by atoms with Crippen molar-refractivity contribution in [1.82, 2.24) is 5.32 Å². The van der Waals surface area contributed by atoms with Gasteiger partial charge >= 0.3 is 0 Å². The quantitative estimate of drug-likeness (QED) is 0.205. The molecule has 4 N–H and O–H groups in total. The highest BCUT2D eigenvalue weighted by Gasteiger charge is 2.40. The minimum atomic E-state index is 0.309. The second kappa shape index (κ2) is 5.50. The molecule has 1 saturated carbocycles. The van der Waals surface area contributed by atoms with Crippen LogP contribution in [0, 0.1) is 5.92 Å². The summed E-state index contributed by atoms with van der Waals surface area (Å²) in [5, 5.41) is 14.9. The number of ether oxygens (including phenoxy) is 1. The third-order valence-electron chi connectivity index (χ3n) is 3.37. The van der Waals surface area contributed by atoms with Crippen molar-refractivity contribution in [3.63, 3.8) is 0 Å². The molecule has 1 saturated heterocycles. The Labute approximate surface area is 96.0 Å². The van der Waals surface area contributed by atoms with E-state index in [0.717, 1.165) is 31.9 Å². The summed E-state index contributed by atoms with van der Waals surface area (Å²) in [4.78, 5) is 0. The SMILES string of the molecule is NC(CCCNC1CCOC1C1CC1)=NO. The van der Waals surface area contributed by atoms with Crippen LogP contribution < -0.4 is 11.1 Å².